The Morgan fingerprint density at radius 2 is 2.28 bits per heavy atom. The van der Waals surface area contributed by atoms with Gasteiger partial charge in [0.1, 0.15) is 5.82 Å². The molecule has 0 spiro atoms. The van der Waals surface area contributed by atoms with Gasteiger partial charge in [-0.1, -0.05) is 12.1 Å². The summed E-state index contributed by atoms with van der Waals surface area (Å²) < 4.78 is 19.6. The standard InChI is InChI=1S/C14H21FN2O/c1-10-9-18-8-7-17(10)14-12(11(2)16-3)5-4-6-13(14)15/h4-6,10-11,16H,7-9H2,1-3H3. The maximum absolute atomic E-state index is 14.2. The molecule has 0 amide bonds. The molecule has 2 atom stereocenters. The summed E-state index contributed by atoms with van der Waals surface area (Å²) in [6, 6.07) is 5.63. The highest BCUT2D eigenvalue weighted by atomic mass is 19.1. The minimum atomic E-state index is -0.150. The molecule has 0 aromatic heterocycles. The van der Waals surface area contributed by atoms with Crippen molar-refractivity contribution < 1.29 is 9.13 Å². The van der Waals surface area contributed by atoms with Crippen LogP contribution in [0.15, 0.2) is 18.2 Å². The van der Waals surface area contributed by atoms with Crippen LogP contribution >= 0.6 is 0 Å². The molecule has 1 aliphatic rings. The molecular formula is C14H21FN2O. The molecule has 1 saturated heterocycles. The smallest absolute Gasteiger partial charge is 0.146 e. The number of nitrogens with one attached hydrogen (secondary N) is 1. The fourth-order valence-corrected chi connectivity index (χ4v) is 2.40. The van der Waals surface area contributed by atoms with Crippen molar-refractivity contribution >= 4 is 5.69 Å². The van der Waals surface area contributed by atoms with Crippen LogP contribution in [0.25, 0.3) is 0 Å². The summed E-state index contributed by atoms with van der Waals surface area (Å²) in [5.41, 5.74) is 1.72. The van der Waals surface area contributed by atoms with E-state index in [2.05, 4.69) is 17.1 Å². The first kappa shape index (κ1) is 13.3. The van der Waals surface area contributed by atoms with E-state index in [1.54, 1.807) is 6.07 Å². The number of morpholine rings is 1. The van der Waals surface area contributed by atoms with E-state index in [0.717, 1.165) is 17.8 Å². The molecule has 1 aliphatic heterocycles. The molecule has 1 fully saturated rings. The van der Waals surface area contributed by atoms with Crippen LogP contribution in [-0.4, -0.2) is 32.8 Å². The Labute approximate surface area is 108 Å². The first-order valence-corrected chi connectivity index (χ1v) is 6.45. The van der Waals surface area contributed by atoms with Crippen LogP contribution in [0.1, 0.15) is 25.5 Å². The Morgan fingerprint density at radius 1 is 1.50 bits per heavy atom. The minimum Gasteiger partial charge on any atom is -0.377 e. The van der Waals surface area contributed by atoms with Gasteiger partial charge in [-0.05, 0) is 32.5 Å². The molecule has 2 rings (SSSR count). The van der Waals surface area contributed by atoms with Crippen molar-refractivity contribution in [1.29, 1.82) is 0 Å². The SMILES string of the molecule is CNC(C)c1cccc(F)c1N1CCOCC1C. The third-order valence-corrected chi connectivity index (χ3v) is 3.57. The van der Waals surface area contributed by atoms with Crippen molar-refractivity contribution in [2.75, 3.05) is 31.7 Å². The second-order valence-corrected chi connectivity index (χ2v) is 4.81. The maximum atomic E-state index is 14.2. The first-order chi connectivity index (χ1) is 8.65. The first-order valence-electron chi connectivity index (χ1n) is 6.45. The molecular weight excluding hydrogens is 231 g/mol. The van der Waals surface area contributed by atoms with Crippen LogP contribution in [0.3, 0.4) is 0 Å². The van der Waals surface area contributed by atoms with Gasteiger partial charge in [0.05, 0.1) is 18.9 Å². The zero-order valence-electron chi connectivity index (χ0n) is 11.2. The summed E-state index contributed by atoms with van der Waals surface area (Å²) in [4.78, 5) is 2.11. The van der Waals surface area contributed by atoms with Gasteiger partial charge in [0.2, 0.25) is 0 Å². The van der Waals surface area contributed by atoms with Crippen molar-refractivity contribution in [3.63, 3.8) is 0 Å². The van der Waals surface area contributed by atoms with E-state index in [1.807, 2.05) is 20.0 Å². The van der Waals surface area contributed by atoms with Gasteiger partial charge < -0.3 is 15.0 Å². The molecule has 18 heavy (non-hydrogen) atoms. The molecule has 1 aromatic rings. The van der Waals surface area contributed by atoms with Gasteiger partial charge in [-0.2, -0.15) is 0 Å². The van der Waals surface area contributed by atoms with E-state index in [4.69, 9.17) is 4.74 Å². The van der Waals surface area contributed by atoms with Crippen LogP contribution in [0.2, 0.25) is 0 Å². The molecule has 100 valence electrons. The lowest BCUT2D eigenvalue weighted by Gasteiger charge is -2.37. The predicted octanol–water partition coefficient (Wildman–Crippen LogP) is 2.33. The number of hydrogen-bond donors (Lipinski definition) is 1. The summed E-state index contributed by atoms with van der Waals surface area (Å²) in [7, 11) is 1.89. The number of nitrogens with zero attached hydrogens (tertiary/aromatic N) is 1. The van der Waals surface area contributed by atoms with Crippen LogP contribution in [0.5, 0.6) is 0 Å². The zero-order valence-corrected chi connectivity index (χ0v) is 11.2. The number of ether oxygens (including phenoxy) is 1. The highest BCUT2D eigenvalue weighted by molar-refractivity contribution is 5.57. The molecule has 1 aromatic carbocycles. The second kappa shape index (κ2) is 5.67. The Kier molecular flexibility index (Phi) is 4.19. The van der Waals surface area contributed by atoms with Crippen molar-refractivity contribution in [1.82, 2.24) is 5.32 Å². The lowest BCUT2D eigenvalue weighted by Crippen LogP contribution is -2.44. The van der Waals surface area contributed by atoms with Gasteiger partial charge in [-0.3, -0.25) is 0 Å². The monoisotopic (exact) mass is 252 g/mol. The highest BCUT2D eigenvalue weighted by Crippen LogP contribution is 2.31. The van der Waals surface area contributed by atoms with E-state index >= 15 is 0 Å². The molecule has 0 aliphatic carbocycles. The minimum absolute atomic E-state index is 0.130. The van der Waals surface area contributed by atoms with Gasteiger partial charge >= 0.3 is 0 Å². The molecule has 4 heteroatoms. The van der Waals surface area contributed by atoms with E-state index in [-0.39, 0.29) is 17.9 Å². The summed E-state index contributed by atoms with van der Waals surface area (Å²) in [6.07, 6.45) is 0. The molecule has 1 heterocycles. The predicted molar refractivity (Wildman–Crippen MR) is 71.5 cm³/mol. The number of halogens is 1. The van der Waals surface area contributed by atoms with Crippen LogP contribution in [0, 0.1) is 5.82 Å². The number of rotatable bonds is 3. The van der Waals surface area contributed by atoms with Crippen molar-refractivity contribution in [3.05, 3.63) is 29.6 Å². The van der Waals surface area contributed by atoms with Crippen LogP contribution in [-0.2, 0) is 4.74 Å². The molecule has 0 radical (unpaired) electrons. The maximum Gasteiger partial charge on any atom is 0.146 e. The largest absolute Gasteiger partial charge is 0.377 e. The molecule has 2 unspecified atom stereocenters. The Balaban J connectivity index is 2.41. The van der Waals surface area contributed by atoms with Crippen molar-refractivity contribution in [2.24, 2.45) is 0 Å². The summed E-state index contributed by atoms with van der Waals surface area (Å²) in [5, 5.41) is 3.18. The Hall–Kier alpha value is -1.13. The number of anilines is 1. The van der Waals surface area contributed by atoms with Crippen molar-refractivity contribution in [3.8, 4) is 0 Å². The number of para-hydroxylation sites is 1. The van der Waals surface area contributed by atoms with Gasteiger partial charge in [0.25, 0.3) is 0 Å². The number of hydrogen-bond acceptors (Lipinski definition) is 3. The van der Waals surface area contributed by atoms with Gasteiger partial charge in [-0.25, -0.2) is 4.39 Å². The summed E-state index contributed by atoms with van der Waals surface area (Å²) in [6.45, 7) is 6.17. The van der Waals surface area contributed by atoms with Gasteiger partial charge in [0, 0.05) is 18.6 Å². The molecule has 0 saturated carbocycles. The third kappa shape index (κ3) is 2.49. The molecule has 1 N–H and O–H groups in total. The third-order valence-electron chi connectivity index (χ3n) is 3.57. The number of benzene rings is 1. The topological polar surface area (TPSA) is 24.5 Å². The molecule has 0 bridgehead atoms. The lowest BCUT2D eigenvalue weighted by molar-refractivity contribution is 0.0984. The molecule has 3 nitrogen and oxygen atoms in total. The lowest BCUT2D eigenvalue weighted by atomic mass is 10.0. The zero-order chi connectivity index (χ0) is 13.1. The summed E-state index contributed by atoms with van der Waals surface area (Å²) in [5.74, 6) is -0.150. The fourth-order valence-electron chi connectivity index (χ4n) is 2.40. The van der Waals surface area contributed by atoms with Gasteiger partial charge in [0.15, 0.2) is 0 Å². The quantitative estimate of drug-likeness (QED) is 0.893. The fraction of sp³-hybridized carbons (Fsp3) is 0.571. The van der Waals surface area contributed by atoms with Gasteiger partial charge in [-0.15, -0.1) is 0 Å². The van der Waals surface area contributed by atoms with E-state index in [9.17, 15) is 4.39 Å². The Bertz CT molecular complexity index is 411. The second-order valence-electron chi connectivity index (χ2n) is 4.81. The Morgan fingerprint density at radius 3 is 2.94 bits per heavy atom. The van der Waals surface area contributed by atoms with E-state index in [0.29, 0.717) is 13.2 Å². The van der Waals surface area contributed by atoms with Crippen LogP contribution in [0.4, 0.5) is 10.1 Å². The van der Waals surface area contributed by atoms with Crippen molar-refractivity contribution in [2.45, 2.75) is 25.9 Å². The summed E-state index contributed by atoms with van der Waals surface area (Å²) >= 11 is 0. The average Bonchev–Trinajstić information content (AvgIpc) is 2.39. The van der Waals surface area contributed by atoms with E-state index < -0.39 is 0 Å². The highest BCUT2D eigenvalue weighted by Gasteiger charge is 2.25. The van der Waals surface area contributed by atoms with E-state index in [1.165, 1.54) is 6.07 Å². The van der Waals surface area contributed by atoms with Crippen LogP contribution < -0.4 is 10.2 Å². The normalized spacial score (nSPS) is 22.0. The average molecular weight is 252 g/mol.